The number of rotatable bonds is 9. The van der Waals surface area contributed by atoms with Crippen LogP contribution in [0.2, 0.25) is 0 Å². The smallest absolute Gasteiger partial charge is 0.203 e. The van der Waals surface area contributed by atoms with Crippen LogP contribution < -0.4 is 19.5 Å². The third-order valence-corrected chi connectivity index (χ3v) is 3.67. The summed E-state index contributed by atoms with van der Waals surface area (Å²) in [5, 5.41) is 3.51. The first kappa shape index (κ1) is 17.6. The van der Waals surface area contributed by atoms with Gasteiger partial charge in [-0.05, 0) is 38.2 Å². The molecule has 5 heteroatoms. The predicted octanol–water partition coefficient (Wildman–Crippen LogP) is 2.31. The van der Waals surface area contributed by atoms with E-state index in [1.165, 1.54) is 0 Å². The molecule has 0 saturated heterocycles. The van der Waals surface area contributed by atoms with E-state index in [0.717, 1.165) is 25.2 Å². The quantitative estimate of drug-likeness (QED) is 0.757. The van der Waals surface area contributed by atoms with Gasteiger partial charge in [-0.1, -0.05) is 6.92 Å². The highest BCUT2D eigenvalue weighted by atomic mass is 16.5. The molecule has 1 N–H and O–H groups in total. The van der Waals surface area contributed by atoms with Gasteiger partial charge in [0.05, 0.1) is 21.3 Å². The van der Waals surface area contributed by atoms with Crippen LogP contribution in [0.5, 0.6) is 17.2 Å². The maximum absolute atomic E-state index is 5.39. The van der Waals surface area contributed by atoms with Crippen molar-refractivity contribution in [2.75, 3.05) is 48.0 Å². The van der Waals surface area contributed by atoms with Crippen molar-refractivity contribution >= 4 is 0 Å². The van der Waals surface area contributed by atoms with Crippen molar-refractivity contribution in [3.05, 3.63) is 17.7 Å². The molecule has 0 aromatic heterocycles. The Kier molecular flexibility index (Phi) is 7.32. The number of ether oxygens (including phenoxy) is 3. The van der Waals surface area contributed by atoms with Crippen LogP contribution in [0.4, 0.5) is 0 Å². The second-order valence-electron chi connectivity index (χ2n) is 5.03. The Bertz CT molecular complexity index is 413. The Morgan fingerprint density at radius 2 is 1.67 bits per heavy atom. The fraction of sp³-hybridized carbons (Fsp3) is 0.625. The molecule has 0 aliphatic carbocycles. The molecule has 1 aromatic carbocycles. The lowest BCUT2D eigenvalue weighted by Gasteiger charge is -2.20. The Morgan fingerprint density at radius 1 is 1.10 bits per heavy atom. The number of benzene rings is 1. The second kappa shape index (κ2) is 8.74. The molecule has 0 aliphatic heterocycles. The predicted molar refractivity (Wildman–Crippen MR) is 85.7 cm³/mol. The van der Waals surface area contributed by atoms with Crippen molar-refractivity contribution in [3.8, 4) is 17.2 Å². The van der Waals surface area contributed by atoms with Gasteiger partial charge >= 0.3 is 0 Å². The van der Waals surface area contributed by atoms with Crippen LogP contribution in [0.25, 0.3) is 0 Å². The average Bonchev–Trinajstić information content (AvgIpc) is 2.52. The average molecular weight is 296 g/mol. The van der Waals surface area contributed by atoms with E-state index >= 15 is 0 Å². The minimum absolute atomic E-state index is 0.212. The van der Waals surface area contributed by atoms with Gasteiger partial charge < -0.3 is 24.4 Å². The highest BCUT2D eigenvalue weighted by Crippen LogP contribution is 2.39. The SMILES string of the molecule is CCN(C)CCNC(C)c1cc(OC)c(OC)c(OC)c1. The number of likely N-dealkylation sites (N-methyl/N-ethyl adjacent to an activating group) is 1. The van der Waals surface area contributed by atoms with E-state index in [1.54, 1.807) is 21.3 Å². The Hall–Kier alpha value is -1.46. The van der Waals surface area contributed by atoms with Crippen molar-refractivity contribution in [1.82, 2.24) is 10.2 Å². The van der Waals surface area contributed by atoms with Crippen LogP contribution in [-0.2, 0) is 0 Å². The molecular weight excluding hydrogens is 268 g/mol. The van der Waals surface area contributed by atoms with Crippen LogP contribution in [0.3, 0.4) is 0 Å². The molecule has 0 saturated carbocycles. The van der Waals surface area contributed by atoms with Gasteiger partial charge in [-0.3, -0.25) is 0 Å². The first-order valence-corrected chi connectivity index (χ1v) is 7.29. The van der Waals surface area contributed by atoms with Gasteiger partial charge in [0.2, 0.25) is 5.75 Å². The van der Waals surface area contributed by atoms with Gasteiger partial charge in [-0.25, -0.2) is 0 Å². The molecular formula is C16H28N2O3. The molecule has 1 unspecified atom stereocenters. The number of methoxy groups -OCH3 is 3. The summed E-state index contributed by atoms with van der Waals surface area (Å²) in [6, 6.07) is 4.19. The van der Waals surface area contributed by atoms with Crippen molar-refractivity contribution < 1.29 is 14.2 Å². The molecule has 1 atom stereocenters. The zero-order chi connectivity index (χ0) is 15.8. The monoisotopic (exact) mass is 296 g/mol. The van der Waals surface area contributed by atoms with E-state index in [4.69, 9.17) is 14.2 Å². The summed E-state index contributed by atoms with van der Waals surface area (Å²) in [7, 11) is 7.00. The first-order chi connectivity index (χ1) is 10.1. The molecule has 5 nitrogen and oxygen atoms in total. The van der Waals surface area contributed by atoms with Crippen LogP contribution in [0.1, 0.15) is 25.5 Å². The normalized spacial score (nSPS) is 12.3. The van der Waals surface area contributed by atoms with Crippen molar-refractivity contribution in [2.24, 2.45) is 0 Å². The van der Waals surface area contributed by atoms with Gasteiger partial charge in [0, 0.05) is 19.1 Å². The summed E-state index contributed by atoms with van der Waals surface area (Å²) in [5.41, 5.74) is 1.11. The van der Waals surface area contributed by atoms with Crippen molar-refractivity contribution in [1.29, 1.82) is 0 Å². The van der Waals surface area contributed by atoms with Crippen LogP contribution in [-0.4, -0.2) is 52.9 Å². The summed E-state index contributed by atoms with van der Waals surface area (Å²) in [6.07, 6.45) is 0. The minimum atomic E-state index is 0.212. The van der Waals surface area contributed by atoms with E-state index in [0.29, 0.717) is 17.2 Å². The van der Waals surface area contributed by atoms with Crippen LogP contribution in [0, 0.1) is 0 Å². The lowest BCUT2D eigenvalue weighted by atomic mass is 10.1. The third-order valence-electron chi connectivity index (χ3n) is 3.67. The lowest BCUT2D eigenvalue weighted by molar-refractivity contribution is 0.322. The van der Waals surface area contributed by atoms with E-state index in [-0.39, 0.29) is 6.04 Å². The fourth-order valence-corrected chi connectivity index (χ4v) is 2.10. The topological polar surface area (TPSA) is 43.0 Å². The zero-order valence-electron chi connectivity index (χ0n) is 14.0. The van der Waals surface area contributed by atoms with Gasteiger partial charge in [0.15, 0.2) is 11.5 Å². The molecule has 1 aromatic rings. The van der Waals surface area contributed by atoms with E-state index in [2.05, 4.69) is 31.1 Å². The summed E-state index contributed by atoms with van der Waals surface area (Å²) in [5.74, 6) is 2.00. The molecule has 0 heterocycles. The van der Waals surface area contributed by atoms with Crippen molar-refractivity contribution in [2.45, 2.75) is 19.9 Å². The maximum Gasteiger partial charge on any atom is 0.203 e. The van der Waals surface area contributed by atoms with E-state index in [1.807, 2.05) is 12.1 Å². The fourth-order valence-electron chi connectivity index (χ4n) is 2.10. The molecule has 0 bridgehead atoms. The number of nitrogens with zero attached hydrogens (tertiary/aromatic N) is 1. The Labute approximate surface area is 128 Å². The van der Waals surface area contributed by atoms with Crippen molar-refractivity contribution in [3.63, 3.8) is 0 Å². The molecule has 0 radical (unpaired) electrons. The highest BCUT2D eigenvalue weighted by Gasteiger charge is 2.16. The number of hydrogen-bond donors (Lipinski definition) is 1. The number of hydrogen-bond acceptors (Lipinski definition) is 5. The summed E-state index contributed by atoms with van der Waals surface area (Å²) in [6.45, 7) is 7.29. The van der Waals surface area contributed by atoms with E-state index in [9.17, 15) is 0 Å². The Balaban J connectivity index is 2.82. The molecule has 120 valence electrons. The first-order valence-electron chi connectivity index (χ1n) is 7.29. The van der Waals surface area contributed by atoms with Gasteiger partial charge in [-0.2, -0.15) is 0 Å². The van der Waals surface area contributed by atoms with Crippen LogP contribution >= 0.6 is 0 Å². The zero-order valence-corrected chi connectivity index (χ0v) is 14.0. The van der Waals surface area contributed by atoms with Gasteiger partial charge in [-0.15, -0.1) is 0 Å². The van der Waals surface area contributed by atoms with Gasteiger partial charge in [0.1, 0.15) is 0 Å². The molecule has 1 rings (SSSR count). The summed E-state index contributed by atoms with van der Waals surface area (Å²) < 4.78 is 16.1. The lowest BCUT2D eigenvalue weighted by Crippen LogP contribution is -2.30. The summed E-state index contributed by atoms with van der Waals surface area (Å²) in [4.78, 5) is 2.27. The molecule has 0 fully saturated rings. The standard InChI is InChI=1S/C16H28N2O3/c1-7-18(3)9-8-17-12(2)13-10-14(19-4)16(21-6)15(11-13)20-5/h10-12,17H,7-9H2,1-6H3. The Morgan fingerprint density at radius 3 is 2.10 bits per heavy atom. The minimum Gasteiger partial charge on any atom is -0.493 e. The highest BCUT2D eigenvalue weighted by molar-refractivity contribution is 5.54. The van der Waals surface area contributed by atoms with Crippen LogP contribution in [0.15, 0.2) is 12.1 Å². The molecule has 21 heavy (non-hydrogen) atoms. The third kappa shape index (κ3) is 4.79. The van der Waals surface area contributed by atoms with Gasteiger partial charge in [0.25, 0.3) is 0 Å². The summed E-state index contributed by atoms with van der Waals surface area (Å²) >= 11 is 0. The maximum atomic E-state index is 5.39. The number of nitrogens with one attached hydrogen (secondary N) is 1. The largest absolute Gasteiger partial charge is 0.493 e. The molecule has 0 spiro atoms. The second-order valence-corrected chi connectivity index (χ2v) is 5.03. The molecule has 0 amide bonds. The van der Waals surface area contributed by atoms with E-state index < -0.39 is 0 Å². The molecule has 0 aliphatic rings.